The van der Waals surface area contributed by atoms with Crippen LogP contribution < -0.4 is 0 Å². The molecule has 0 radical (unpaired) electrons. The molecule has 48 heavy (non-hydrogen) atoms. The molecule has 0 saturated carbocycles. The summed E-state index contributed by atoms with van der Waals surface area (Å²) in [4.78, 5) is 73.4. The van der Waals surface area contributed by atoms with Crippen molar-refractivity contribution in [2.24, 2.45) is 0 Å². The van der Waals surface area contributed by atoms with Crippen LogP contribution in [0.1, 0.15) is 65.5 Å². The Morgan fingerprint density at radius 2 is 1.04 bits per heavy atom. The third kappa shape index (κ3) is 16.1. The van der Waals surface area contributed by atoms with Crippen molar-refractivity contribution in [2.75, 3.05) is 21.2 Å². The summed E-state index contributed by atoms with van der Waals surface area (Å²) < 4.78 is 25.5. The molecule has 264 valence electrons. The molecule has 2 atom stereocenters. The Kier molecular flexibility index (Phi) is 16.8. The predicted molar refractivity (Wildman–Crippen MR) is 175 cm³/mol. The molecule has 2 aromatic rings. The van der Waals surface area contributed by atoms with Crippen LogP contribution in [0.25, 0.3) is 0 Å². The molecule has 0 saturated heterocycles. The van der Waals surface area contributed by atoms with E-state index in [1.165, 1.54) is 21.2 Å². The van der Waals surface area contributed by atoms with E-state index < -0.39 is 53.4 Å². The van der Waals surface area contributed by atoms with Crippen LogP contribution in [0.3, 0.4) is 0 Å². The molecule has 0 aliphatic rings. The standard InChI is InChI=1S/C18H25NO6.C17H23NO5/c1-18(2,3)25-17(22)19(4)14(11-15(20)23-5)16(21)24-12-13-9-7-6-8-10-13;1-17(2,3)23-16(21)18(4)14(10-11-19)15(20)22-12-13-8-6-5-7-9-13/h6-10,14H,11-12H2,1-5H3;5-9,11,14H,10,12H2,1-4H3/t2*14-/m11/s1. The molecule has 2 rings (SSSR count). The molecule has 13 heteroatoms. The third-order valence-corrected chi connectivity index (χ3v) is 6.20. The molecular weight excluding hydrogens is 624 g/mol. The maximum absolute atomic E-state index is 12.4. The van der Waals surface area contributed by atoms with Crippen molar-refractivity contribution in [3.63, 3.8) is 0 Å². The average molecular weight is 673 g/mol. The first-order valence-corrected chi connectivity index (χ1v) is 15.2. The lowest BCUT2D eigenvalue weighted by Gasteiger charge is -2.29. The van der Waals surface area contributed by atoms with Crippen molar-refractivity contribution in [1.29, 1.82) is 0 Å². The van der Waals surface area contributed by atoms with Crippen molar-refractivity contribution < 1.29 is 52.5 Å². The number of aldehydes is 1. The van der Waals surface area contributed by atoms with Gasteiger partial charge in [-0.3, -0.25) is 14.6 Å². The van der Waals surface area contributed by atoms with Gasteiger partial charge in [0.2, 0.25) is 0 Å². The normalized spacial score (nSPS) is 12.1. The van der Waals surface area contributed by atoms with Gasteiger partial charge in [0, 0.05) is 20.5 Å². The number of carbonyl (C=O) groups excluding carboxylic acids is 6. The van der Waals surface area contributed by atoms with Crippen LogP contribution in [0, 0.1) is 0 Å². The molecule has 13 nitrogen and oxygen atoms in total. The average Bonchev–Trinajstić information content (AvgIpc) is 3.02. The highest BCUT2D eigenvalue weighted by Gasteiger charge is 2.34. The lowest BCUT2D eigenvalue weighted by molar-refractivity contribution is -0.155. The summed E-state index contributed by atoms with van der Waals surface area (Å²) in [7, 11) is 4.00. The smallest absolute Gasteiger partial charge is 0.410 e. The zero-order valence-electron chi connectivity index (χ0n) is 29.2. The van der Waals surface area contributed by atoms with Crippen LogP contribution in [-0.2, 0) is 56.1 Å². The minimum Gasteiger partial charge on any atom is -0.469 e. The minimum absolute atomic E-state index is 0.0412. The topological polar surface area (TPSA) is 155 Å². The highest BCUT2D eigenvalue weighted by molar-refractivity contribution is 5.86. The first-order chi connectivity index (χ1) is 22.4. The van der Waals surface area contributed by atoms with Crippen LogP contribution in [0.5, 0.6) is 0 Å². The summed E-state index contributed by atoms with van der Waals surface area (Å²) in [6.45, 7) is 10.4. The van der Waals surface area contributed by atoms with Crippen LogP contribution >= 0.6 is 0 Å². The molecule has 0 bridgehead atoms. The predicted octanol–water partition coefficient (Wildman–Crippen LogP) is 5.08. The molecule has 0 aliphatic carbocycles. The van der Waals surface area contributed by atoms with Crippen LogP contribution in [0.15, 0.2) is 60.7 Å². The van der Waals surface area contributed by atoms with Crippen LogP contribution in [0.4, 0.5) is 9.59 Å². The third-order valence-electron chi connectivity index (χ3n) is 6.20. The van der Waals surface area contributed by atoms with E-state index in [4.69, 9.17) is 18.9 Å². The molecule has 0 heterocycles. The quantitative estimate of drug-likeness (QED) is 0.168. The van der Waals surface area contributed by atoms with E-state index in [0.29, 0.717) is 6.29 Å². The molecule has 0 aromatic heterocycles. The van der Waals surface area contributed by atoms with Gasteiger partial charge in [-0.1, -0.05) is 60.7 Å². The Morgan fingerprint density at radius 3 is 1.40 bits per heavy atom. The van der Waals surface area contributed by atoms with Crippen molar-refractivity contribution in [1.82, 2.24) is 9.80 Å². The zero-order valence-corrected chi connectivity index (χ0v) is 29.2. The van der Waals surface area contributed by atoms with Crippen molar-refractivity contribution >= 4 is 36.4 Å². The maximum Gasteiger partial charge on any atom is 0.410 e. The summed E-state index contributed by atoms with van der Waals surface area (Å²) in [5.41, 5.74) is 0.207. The number of benzene rings is 2. The van der Waals surface area contributed by atoms with Gasteiger partial charge in [0.05, 0.1) is 13.5 Å². The Morgan fingerprint density at radius 1 is 0.667 bits per heavy atom. The maximum atomic E-state index is 12.4. The van der Waals surface area contributed by atoms with Gasteiger partial charge >= 0.3 is 30.1 Å². The first kappa shape index (κ1) is 41.1. The van der Waals surface area contributed by atoms with Crippen molar-refractivity contribution in [2.45, 2.75) is 90.9 Å². The van der Waals surface area contributed by atoms with Gasteiger partial charge in [0.25, 0.3) is 0 Å². The number of hydrogen-bond donors (Lipinski definition) is 0. The number of hydrogen-bond acceptors (Lipinski definition) is 11. The molecule has 2 amide bonds. The van der Waals surface area contributed by atoms with Crippen molar-refractivity contribution in [3.8, 4) is 0 Å². The van der Waals surface area contributed by atoms with Gasteiger partial charge in [0.15, 0.2) is 0 Å². The van der Waals surface area contributed by atoms with Gasteiger partial charge in [-0.15, -0.1) is 0 Å². The Labute approximate surface area is 282 Å². The van der Waals surface area contributed by atoms with Crippen LogP contribution in [-0.4, -0.2) is 90.7 Å². The minimum atomic E-state index is -1.13. The second kappa shape index (κ2) is 19.7. The number of methoxy groups -OCH3 is 1. The summed E-state index contributed by atoms with van der Waals surface area (Å²) in [6, 6.07) is 16.1. The zero-order chi connectivity index (χ0) is 36.5. The molecule has 0 aliphatic heterocycles. The van der Waals surface area contributed by atoms with Gasteiger partial charge < -0.3 is 28.5 Å². The SMILES string of the molecule is CN(C(=O)OC(C)(C)C)[C@H](CC=O)C(=O)OCc1ccccc1.COC(=O)C[C@H](C(=O)OCc1ccccc1)N(C)C(=O)OC(C)(C)C. The Balaban J connectivity index is 0.000000482. The monoisotopic (exact) mass is 672 g/mol. The van der Waals surface area contributed by atoms with E-state index >= 15 is 0 Å². The van der Waals surface area contributed by atoms with E-state index in [-0.39, 0.29) is 26.1 Å². The number of carbonyl (C=O) groups is 6. The summed E-state index contributed by atoms with van der Waals surface area (Å²) in [5.74, 6) is -1.98. The van der Waals surface area contributed by atoms with Gasteiger partial charge in [-0.25, -0.2) is 19.2 Å². The number of amides is 2. The number of ether oxygens (including phenoxy) is 5. The van der Waals surface area contributed by atoms with Crippen LogP contribution in [0.2, 0.25) is 0 Å². The highest BCUT2D eigenvalue weighted by Crippen LogP contribution is 2.16. The van der Waals surface area contributed by atoms with Gasteiger partial charge in [0.1, 0.15) is 42.8 Å². The fourth-order valence-electron chi connectivity index (χ4n) is 3.70. The summed E-state index contributed by atoms with van der Waals surface area (Å²) in [5, 5.41) is 0. The molecule has 0 fully saturated rings. The number of rotatable bonds is 12. The van der Waals surface area contributed by atoms with E-state index in [1.807, 2.05) is 48.5 Å². The Hall–Kier alpha value is -4.94. The number of nitrogens with zero attached hydrogens (tertiary/aromatic N) is 2. The van der Waals surface area contributed by atoms with Crippen molar-refractivity contribution in [3.05, 3.63) is 71.8 Å². The second-order valence-electron chi connectivity index (χ2n) is 12.6. The summed E-state index contributed by atoms with van der Waals surface area (Å²) >= 11 is 0. The fraction of sp³-hybridized carbons (Fsp3) is 0.486. The van der Waals surface area contributed by atoms with Gasteiger partial charge in [-0.2, -0.15) is 0 Å². The number of likely N-dealkylation sites (N-methyl/N-ethyl adjacent to an activating group) is 2. The van der Waals surface area contributed by atoms with Gasteiger partial charge in [-0.05, 0) is 52.7 Å². The lowest BCUT2D eigenvalue weighted by atomic mass is 10.2. The fourth-order valence-corrected chi connectivity index (χ4v) is 3.70. The van der Waals surface area contributed by atoms with E-state index in [1.54, 1.807) is 53.7 Å². The van der Waals surface area contributed by atoms with E-state index in [9.17, 15) is 28.8 Å². The molecule has 2 aromatic carbocycles. The van der Waals surface area contributed by atoms with E-state index in [0.717, 1.165) is 20.9 Å². The van der Waals surface area contributed by atoms with E-state index in [2.05, 4.69) is 4.74 Å². The lowest BCUT2D eigenvalue weighted by Crippen LogP contribution is -2.46. The summed E-state index contributed by atoms with van der Waals surface area (Å²) in [6.07, 6.45) is -1.29. The largest absolute Gasteiger partial charge is 0.469 e. The molecule has 0 N–H and O–H groups in total. The molecular formula is C35H48N2O11. The second-order valence-corrected chi connectivity index (χ2v) is 12.6. The first-order valence-electron chi connectivity index (χ1n) is 15.2. The molecule has 0 spiro atoms. The number of esters is 3. The Bertz CT molecular complexity index is 1340. The highest BCUT2D eigenvalue weighted by atomic mass is 16.6. The molecule has 0 unspecified atom stereocenters.